The van der Waals surface area contributed by atoms with Gasteiger partial charge in [0.25, 0.3) is 0 Å². The summed E-state index contributed by atoms with van der Waals surface area (Å²) in [7, 11) is 0. The van der Waals surface area contributed by atoms with E-state index in [0.717, 1.165) is 6.42 Å². The van der Waals surface area contributed by atoms with Crippen molar-refractivity contribution in [2.24, 2.45) is 11.1 Å². The minimum Gasteiger partial charge on any atom is -0.494 e. The topological polar surface area (TPSA) is 35.2 Å². The second kappa shape index (κ2) is 3.29. The molecule has 76 valence electrons. The van der Waals surface area contributed by atoms with Gasteiger partial charge in [0.05, 0.1) is 6.61 Å². The fourth-order valence-corrected chi connectivity index (χ4v) is 1.47. The van der Waals surface area contributed by atoms with E-state index in [4.69, 9.17) is 10.5 Å². The maximum Gasteiger partial charge on any atom is 0.184 e. The van der Waals surface area contributed by atoms with Crippen LogP contribution in [0.4, 0.5) is 4.39 Å². The summed E-state index contributed by atoms with van der Waals surface area (Å²) >= 11 is 0. The van der Waals surface area contributed by atoms with Crippen LogP contribution >= 0.6 is 0 Å². The van der Waals surface area contributed by atoms with Crippen LogP contribution in [0.15, 0.2) is 11.8 Å². The van der Waals surface area contributed by atoms with Gasteiger partial charge in [-0.25, -0.2) is 4.39 Å². The van der Waals surface area contributed by atoms with Crippen molar-refractivity contribution in [1.82, 2.24) is 0 Å². The van der Waals surface area contributed by atoms with Crippen LogP contribution in [0.1, 0.15) is 27.2 Å². The van der Waals surface area contributed by atoms with Crippen LogP contribution in [0, 0.1) is 5.41 Å². The molecule has 0 amide bonds. The molecule has 0 spiro atoms. The molecule has 0 saturated heterocycles. The first-order chi connectivity index (χ1) is 5.92. The Balaban J connectivity index is 2.92. The van der Waals surface area contributed by atoms with Crippen molar-refractivity contribution < 1.29 is 9.13 Å². The lowest BCUT2D eigenvalue weighted by Gasteiger charge is -2.36. The number of rotatable bonds is 2. The third-order valence-electron chi connectivity index (χ3n) is 2.57. The lowest BCUT2D eigenvalue weighted by Crippen LogP contribution is -2.47. The molecule has 0 radical (unpaired) electrons. The molecule has 3 heteroatoms. The van der Waals surface area contributed by atoms with Gasteiger partial charge in [-0.05, 0) is 6.08 Å². The van der Waals surface area contributed by atoms with E-state index < -0.39 is 11.1 Å². The molecule has 1 aliphatic rings. The Morgan fingerprint density at radius 3 is 2.46 bits per heavy atom. The molecule has 0 saturated carbocycles. The van der Waals surface area contributed by atoms with Gasteiger partial charge in [0, 0.05) is 18.4 Å². The quantitative estimate of drug-likeness (QED) is 0.717. The van der Waals surface area contributed by atoms with Gasteiger partial charge >= 0.3 is 0 Å². The first-order valence-electron chi connectivity index (χ1n) is 4.64. The van der Waals surface area contributed by atoms with E-state index >= 15 is 0 Å². The molecule has 2 nitrogen and oxygen atoms in total. The zero-order valence-electron chi connectivity index (χ0n) is 8.56. The van der Waals surface area contributed by atoms with Crippen molar-refractivity contribution >= 4 is 0 Å². The Bertz CT molecular complexity index is 219. The van der Waals surface area contributed by atoms with Crippen LogP contribution < -0.4 is 5.73 Å². The van der Waals surface area contributed by atoms with Crippen molar-refractivity contribution in [2.75, 3.05) is 13.2 Å². The summed E-state index contributed by atoms with van der Waals surface area (Å²) in [4.78, 5) is 0. The highest BCUT2D eigenvalue weighted by Gasteiger charge is 2.46. The minimum atomic E-state index is -1.52. The Labute approximate surface area is 78.9 Å². The summed E-state index contributed by atoms with van der Waals surface area (Å²) in [6.07, 6.45) is 2.59. The van der Waals surface area contributed by atoms with Crippen molar-refractivity contribution in [3.8, 4) is 0 Å². The van der Waals surface area contributed by atoms with Gasteiger partial charge in [0.15, 0.2) is 5.67 Å². The molecule has 1 unspecified atom stereocenters. The summed E-state index contributed by atoms with van der Waals surface area (Å²) < 4.78 is 19.7. The van der Waals surface area contributed by atoms with Gasteiger partial charge in [-0.1, -0.05) is 20.8 Å². The minimum absolute atomic E-state index is 0.0255. The molecule has 0 aromatic heterocycles. The van der Waals surface area contributed by atoms with E-state index in [-0.39, 0.29) is 6.54 Å². The average Bonchev–Trinajstić information content (AvgIpc) is 2.52. The fraction of sp³-hybridized carbons (Fsp3) is 0.800. The van der Waals surface area contributed by atoms with Gasteiger partial charge in [-0.15, -0.1) is 0 Å². The fourth-order valence-electron chi connectivity index (χ4n) is 1.47. The first-order valence-corrected chi connectivity index (χ1v) is 4.64. The zero-order valence-corrected chi connectivity index (χ0v) is 8.56. The average molecular weight is 187 g/mol. The van der Waals surface area contributed by atoms with E-state index in [1.54, 1.807) is 6.08 Å². The predicted molar refractivity (Wildman–Crippen MR) is 51.0 cm³/mol. The molecule has 13 heavy (non-hydrogen) atoms. The Kier molecular flexibility index (Phi) is 2.66. The Hall–Kier alpha value is -0.570. The Morgan fingerprint density at radius 2 is 2.15 bits per heavy atom. The number of halogens is 1. The van der Waals surface area contributed by atoms with Gasteiger partial charge in [-0.2, -0.15) is 0 Å². The second-order valence-corrected chi connectivity index (χ2v) is 4.46. The van der Waals surface area contributed by atoms with E-state index in [2.05, 4.69) is 0 Å². The highest BCUT2D eigenvalue weighted by Crippen LogP contribution is 2.41. The zero-order chi connectivity index (χ0) is 10.1. The standard InChI is InChI=1S/C10H18FNO/c1-9(2,3)10(11,7-12)8-5-4-6-13-8/h5H,4,6-7,12H2,1-3H3. The third-order valence-corrected chi connectivity index (χ3v) is 2.57. The number of alkyl halides is 1. The van der Waals surface area contributed by atoms with E-state index in [9.17, 15) is 4.39 Å². The van der Waals surface area contributed by atoms with Crippen molar-refractivity contribution in [3.63, 3.8) is 0 Å². The predicted octanol–water partition coefficient (Wildman–Crippen LogP) is 2.00. The molecule has 0 bridgehead atoms. The van der Waals surface area contributed by atoms with E-state index in [1.807, 2.05) is 20.8 Å². The molecule has 2 N–H and O–H groups in total. The summed E-state index contributed by atoms with van der Waals surface area (Å²) in [5.41, 5.74) is 3.44. The van der Waals surface area contributed by atoms with Crippen LogP contribution in [0.25, 0.3) is 0 Å². The second-order valence-electron chi connectivity index (χ2n) is 4.46. The van der Waals surface area contributed by atoms with E-state index in [1.165, 1.54) is 0 Å². The molecule has 0 aromatic rings. The van der Waals surface area contributed by atoms with Gasteiger partial charge in [-0.3, -0.25) is 0 Å². The van der Waals surface area contributed by atoms with Crippen LogP contribution in [-0.2, 0) is 4.74 Å². The number of nitrogens with two attached hydrogens (primary N) is 1. The van der Waals surface area contributed by atoms with Gasteiger partial charge in [0.1, 0.15) is 5.76 Å². The molecule has 1 heterocycles. The van der Waals surface area contributed by atoms with Crippen molar-refractivity contribution in [1.29, 1.82) is 0 Å². The molecule has 0 fully saturated rings. The Morgan fingerprint density at radius 1 is 1.54 bits per heavy atom. The summed E-state index contributed by atoms with van der Waals surface area (Å²) in [6, 6.07) is 0. The number of hydrogen-bond acceptors (Lipinski definition) is 2. The third kappa shape index (κ3) is 1.70. The molecule has 1 rings (SSSR count). The maximum absolute atomic E-state index is 14.4. The van der Waals surface area contributed by atoms with Crippen LogP contribution in [0.5, 0.6) is 0 Å². The summed E-state index contributed by atoms with van der Waals surface area (Å²) in [6.45, 7) is 6.06. The normalized spacial score (nSPS) is 22.1. The van der Waals surface area contributed by atoms with Crippen LogP contribution in [0.3, 0.4) is 0 Å². The molecular weight excluding hydrogens is 169 g/mol. The van der Waals surface area contributed by atoms with E-state index in [0.29, 0.717) is 12.4 Å². The lowest BCUT2D eigenvalue weighted by atomic mass is 9.76. The monoisotopic (exact) mass is 187 g/mol. The summed E-state index contributed by atoms with van der Waals surface area (Å²) in [5, 5.41) is 0. The number of hydrogen-bond donors (Lipinski definition) is 1. The lowest BCUT2D eigenvalue weighted by molar-refractivity contribution is 0.0178. The highest BCUT2D eigenvalue weighted by atomic mass is 19.1. The molecule has 1 atom stereocenters. The highest BCUT2D eigenvalue weighted by molar-refractivity contribution is 5.18. The van der Waals surface area contributed by atoms with Gasteiger partial charge in [0.2, 0.25) is 0 Å². The van der Waals surface area contributed by atoms with Crippen LogP contribution in [0.2, 0.25) is 0 Å². The molecule has 0 aliphatic carbocycles. The maximum atomic E-state index is 14.4. The SMILES string of the molecule is CC(C)(C)C(F)(CN)C1=CCCO1. The van der Waals surface area contributed by atoms with Crippen LogP contribution in [-0.4, -0.2) is 18.8 Å². The van der Waals surface area contributed by atoms with Gasteiger partial charge < -0.3 is 10.5 Å². The van der Waals surface area contributed by atoms with Crippen molar-refractivity contribution in [2.45, 2.75) is 32.9 Å². The summed E-state index contributed by atoms with van der Waals surface area (Å²) in [5.74, 6) is 0.419. The largest absolute Gasteiger partial charge is 0.494 e. The van der Waals surface area contributed by atoms with Crippen molar-refractivity contribution in [3.05, 3.63) is 11.8 Å². The smallest absolute Gasteiger partial charge is 0.184 e. The molecule has 1 aliphatic heterocycles. The first kappa shape index (κ1) is 10.5. The molecular formula is C10H18FNO. The molecule has 0 aromatic carbocycles. The number of ether oxygens (including phenoxy) is 1.